The van der Waals surface area contributed by atoms with Crippen molar-refractivity contribution in [1.29, 1.82) is 0 Å². The lowest BCUT2D eigenvalue weighted by molar-refractivity contribution is -0.128. The van der Waals surface area contributed by atoms with Gasteiger partial charge in [0.15, 0.2) is 5.76 Å². The lowest BCUT2D eigenvalue weighted by atomic mass is 10.1. The van der Waals surface area contributed by atoms with E-state index in [4.69, 9.17) is 23.2 Å². The van der Waals surface area contributed by atoms with Crippen LogP contribution in [0.3, 0.4) is 0 Å². The lowest BCUT2D eigenvalue weighted by Crippen LogP contribution is -2.36. The van der Waals surface area contributed by atoms with Crippen LogP contribution in [0.25, 0.3) is 0 Å². The standard InChI is InChI=1S/C17H19Cl2FN2O3/c1-10(2-3-11-4-5-13(18)14(19)8-11)21-16(24)12-9-22(7-6-20)17(25)15(12)23/h4-5,8,10,23H,2-3,6-7,9H2,1H3,(H,21,24). The Kier molecular flexibility index (Phi) is 6.67. The Labute approximate surface area is 155 Å². The van der Waals surface area contributed by atoms with Crippen LogP contribution < -0.4 is 5.32 Å². The van der Waals surface area contributed by atoms with E-state index in [0.29, 0.717) is 22.9 Å². The van der Waals surface area contributed by atoms with Gasteiger partial charge in [-0.3, -0.25) is 9.59 Å². The average molecular weight is 389 g/mol. The van der Waals surface area contributed by atoms with E-state index in [9.17, 15) is 19.1 Å². The fourth-order valence-electron chi connectivity index (χ4n) is 2.54. The predicted octanol–water partition coefficient (Wildman–Crippen LogP) is 3.05. The second kappa shape index (κ2) is 8.54. The van der Waals surface area contributed by atoms with Crippen molar-refractivity contribution in [2.75, 3.05) is 19.8 Å². The van der Waals surface area contributed by atoms with Crippen LogP contribution in [0.1, 0.15) is 18.9 Å². The maximum absolute atomic E-state index is 12.4. The number of halogens is 3. The first-order valence-electron chi connectivity index (χ1n) is 7.85. The number of alkyl halides is 1. The molecule has 0 spiro atoms. The highest BCUT2D eigenvalue weighted by Gasteiger charge is 2.33. The molecule has 2 N–H and O–H groups in total. The number of carbonyl (C=O) groups is 2. The highest BCUT2D eigenvalue weighted by molar-refractivity contribution is 6.42. The Morgan fingerprint density at radius 2 is 2.12 bits per heavy atom. The van der Waals surface area contributed by atoms with Gasteiger partial charge in [0.25, 0.3) is 11.8 Å². The molecule has 25 heavy (non-hydrogen) atoms. The van der Waals surface area contributed by atoms with Gasteiger partial charge < -0.3 is 15.3 Å². The van der Waals surface area contributed by atoms with Gasteiger partial charge in [-0.15, -0.1) is 0 Å². The van der Waals surface area contributed by atoms with Gasteiger partial charge in [0.2, 0.25) is 0 Å². The van der Waals surface area contributed by atoms with E-state index in [-0.39, 0.29) is 24.7 Å². The van der Waals surface area contributed by atoms with Crippen molar-refractivity contribution >= 4 is 35.0 Å². The van der Waals surface area contributed by atoms with E-state index in [1.54, 1.807) is 12.1 Å². The minimum absolute atomic E-state index is 0.0279. The Hall–Kier alpha value is -1.79. The largest absolute Gasteiger partial charge is 0.503 e. The molecule has 1 unspecified atom stereocenters. The molecular formula is C17H19Cl2FN2O3. The van der Waals surface area contributed by atoms with Gasteiger partial charge in [0, 0.05) is 12.6 Å². The minimum Gasteiger partial charge on any atom is -0.503 e. The first-order valence-corrected chi connectivity index (χ1v) is 8.61. The Bertz CT molecular complexity index is 709. The molecule has 0 saturated heterocycles. The maximum Gasteiger partial charge on any atom is 0.289 e. The van der Waals surface area contributed by atoms with Crippen molar-refractivity contribution in [1.82, 2.24) is 10.2 Å². The van der Waals surface area contributed by atoms with Crippen LogP contribution in [0.2, 0.25) is 10.0 Å². The predicted molar refractivity (Wildman–Crippen MR) is 94.6 cm³/mol. The van der Waals surface area contributed by atoms with Crippen LogP contribution in [0, 0.1) is 0 Å². The summed E-state index contributed by atoms with van der Waals surface area (Å²) >= 11 is 11.8. The van der Waals surface area contributed by atoms with Crippen LogP contribution in [-0.2, 0) is 16.0 Å². The summed E-state index contributed by atoms with van der Waals surface area (Å²) in [7, 11) is 0. The number of nitrogens with zero attached hydrogens (tertiary/aromatic N) is 1. The quantitative estimate of drug-likeness (QED) is 0.753. The SMILES string of the molecule is CC(CCc1ccc(Cl)c(Cl)c1)NC(=O)C1=C(O)C(=O)N(CCF)C1. The highest BCUT2D eigenvalue weighted by Crippen LogP contribution is 2.23. The van der Waals surface area contributed by atoms with E-state index < -0.39 is 24.2 Å². The van der Waals surface area contributed by atoms with Crippen molar-refractivity contribution in [2.24, 2.45) is 0 Å². The lowest BCUT2D eigenvalue weighted by Gasteiger charge is -2.16. The third kappa shape index (κ3) is 4.86. The molecule has 1 aliphatic heterocycles. The number of amides is 2. The van der Waals surface area contributed by atoms with Crippen molar-refractivity contribution in [3.05, 3.63) is 45.1 Å². The summed E-state index contributed by atoms with van der Waals surface area (Å²) < 4.78 is 12.4. The van der Waals surface area contributed by atoms with Crippen molar-refractivity contribution in [2.45, 2.75) is 25.8 Å². The molecule has 2 amide bonds. The molecule has 1 aromatic rings. The molecular weight excluding hydrogens is 370 g/mol. The number of rotatable bonds is 7. The van der Waals surface area contributed by atoms with Crippen molar-refractivity contribution in [3.63, 3.8) is 0 Å². The Balaban J connectivity index is 1.89. The van der Waals surface area contributed by atoms with E-state index in [0.717, 1.165) is 10.5 Å². The second-order valence-electron chi connectivity index (χ2n) is 5.90. The number of aliphatic hydroxyl groups excluding tert-OH is 1. The molecule has 0 bridgehead atoms. The summed E-state index contributed by atoms with van der Waals surface area (Å²) in [6, 6.07) is 5.17. The van der Waals surface area contributed by atoms with Gasteiger partial charge in [-0.05, 0) is 37.5 Å². The molecule has 1 heterocycles. The van der Waals surface area contributed by atoms with Crippen LogP contribution >= 0.6 is 23.2 Å². The smallest absolute Gasteiger partial charge is 0.289 e. The molecule has 1 atom stereocenters. The maximum atomic E-state index is 12.4. The fraction of sp³-hybridized carbons (Fsp3) is 0.412. The molecule has 8 heteroatoms. The summed E-state index contributed by atoms with van der Waals surface area (Å²) in [6.45, 7) is 0.865. The second-order valence-corrected chi connectivity index (χ2v) is 6.72. The van der Waals surface area contributed by atoms with Crippen molar-refractivity contribution in [3.8, 4) is 0 Å². The zero-order valence-electron chi connectivity index (χ0n) is 13.7. The topological polar surface area (TPSA) is 69.6 Å². The number of aliphatic hydroxyl groups is 1. The van der Waals surface area contributed by atoms with Crippen LogP contribution in [-0.4, -0.2) is 47.6 Å². The van der Waals surface area contributed by atoms with Gasteiger partial charge in [-0.25, -0.2) is 4.39 Å². The molecule has 1 aliphatic rings. The zero-order chi connectivity index (χ0) is 18.6. The third-order valence-electron chi connectivity index (χ3n) is 3.98. The molecule has 0 aliphatic carbocycles. The number of hydrogen-bond acceptors (Lipinski definition) is 3. The number of carbonyl (C=O) groups excluding carboxylic acids is 2. The number of benzene rings is 1. The van der Waals surface area contributed by atoms with Gasteiger partial charge in [-0.1, -0.05) is 29.3 Å². The number of aryl methyl sites for hydroxylation is 1. The normalized spacial score (nSPS) is 15.7. The molecule has 0 aromatic heterocycles. The molecule has 136 valence electrons. The van der Waals surface area contributed by atoms with E-state index >= 15 is 0 Å². The van der Waals surface area contributed by atoms with Crippen LogP contribution in [0.5, 0.6) is 0 Å². The van der Waals surface area contributed by atoms with E-state index in [2.05, 4.69) is 5.32 Å². The van der Waals surface area contributed by atoms with Gasteiger partial charge in [0.1, 0.15) is 6.67 Å². The molecule has 1 aromatic carbocycles. The minimum atomic E-state index is -0.728. The Morgan fingerprint density at radius 1 is 1.40 bits per heavy atom. The summed E-state index contributed by atoms with van der Waals surface area (Å²) in [4.78, 5) is 25.0. The molecule has 0 saturated carbocycles. The first-order chi connectivity index (χ1) is 11.8. The number of hydrogen-bond donors (Lipinski definition) is 2. The van der Waals surface area contributed by atoms with E-state index in [1.165, 1.54) is 0 Å². The zero-order valence-corrected chi connectivity index (χ0v) is 15.2. The molecule has 2 rings (SSSR count). The van der Waals surface area contributed by atoms with Gasteiger partial charge in [-0.2, -0.15) is 0 Å². The summed E-state index contributed by atoms with van der Waals surface area (Å²) in [5, 5.41) is 13.5. The Morgan fingerprint density at radius 3 is 2.76 bits per heavy atom. The van der Waals surface area contributed by atoms with E-state index in [1.807, 2.05) is 13.0 Å². The fourth-order valence-corrected chi connectivity index (χ4v) is 2.86. The van der Waals surface area contributed by atoms with Gasteiger partial charge in [0.05, 0.1) is 22.2 Å². The average Bonchev–Trinajstić information content (AvgIpc) is 2.85. The van der Waals surface area contributed by atoms with Gasteiger partial charge >= 0.3 is 0 Å². The highest BCUT2D eigenvalue weighted by atomic mass is 35.5. The summed E-state index contributed by atoms with van der Waals surface area (Å²) in [6.07, 6.45) is 1.32. The number of nitrogens with one attached hydrogen (secondary N) is 1. The van der Waals surface area contributed by atoms with Crippen LogP contribution in [0.15, 0.2) is 29.5 Å². The summed E-state index contributed by atoms with van der Waals surface area (Å²) in [5.41, 5.74) is 0.961. The molecule has 0 fully saturated rings. The van der Waals surface area contributed by atoms with Crippen molar-refractivity contribution < 1.29 is 19.1 Å². The molecule has 5 nitrogen and oxygen atoms in total. The summed E-state index contributed by atoms with van der Waals surface area (Å²) in [5.74, 6) is -1.84. The monoisotopic (exact) mass is 388 g/mol. The third-order valence-corrected chi connectivity index (χ3v) is 4.72. The van der Waals surface area contributed by atoms with Crippen LogP contribution in [0.4, 0.5) is 4.39 Å². The first kappa shape index (κ1) is 19.5. The molecule has 0 radical (unpaired) electrons.